The molecule has 0 spiro atoms. The molecule has 0 saturated heterocycles. The Morgan fingerprint density at radius 1 is 1.23 bits per heavy atom. The Balaban J connectivity index is 1.73. The molecule has 0 fully saturated rings. The van der Waals surface area contributed by atoms with E-state index in [1.807, 2.05) is 37.5 Å². The number of hydrogen-bond acceptors (Lipinski definition) is 8. The van der Waals surface area contributed by atoms with Gasteiger partial charge in [-0.2, -0.15) is 0 Å². The molecule has 0 saturated carbocycles. The first-order valence-corrected chi connectivity index (χ1v) is 11.3. The number of aromatic nitrogens is 4. The number of pyridine rings is 1. The minimum absolute atomic E-state index is 0.146. The van der Waals surface area contributed by atoms with E-state index in [4.69, 9.17) is 4.74 Å². The highest BCUT2D eigenvalue weighted by Crippen LogP contribution is 2.34. The van der Waals surface area contributed by atoms with E-state index in [0.29, 0.717) is 28.7 Å². The van der Waals surface area contributed by atoms with Crippen LogP contribution in [0.1, 0.15) is 34.6 Å². The summed E-state index contributed by atoms with van der Waals surface area (Å²) in [5, 5.41) is 12.5. The standard InChI is InChI=1S/C20H23N5O3S2/c1-5-14-12(3)30-18(16(14)19(27)28-4)22-15(26)11-29-20-24-23-17(25(20)6-2)13-7-9-21-10-8-13/h7-10H,5-6,11H2,1-4H3,(H,22,26). The first-order valence-electron chi connectivity index (χ1n) is 9.46. The summed E-state index contributed by atoms with van der Waals surface area (Å²) in [4.78, 5) is 29.8. The number of carbonyl (C=O) groups excluding carboxylic acids is 2. The molecule has 158 valence electrons. The maximum absolute atomic E-state index is 12.6. The number of nitrogens with one attached hydrogen (secondary N) is 1. The lowest BCUT2D eigenvalue weighted by Crippen LogP contribution is -2.16. The molecule has 0 aliphatic rings. The number of carbonyl (C=O) groups is 2. The van der Waals surface area contributed by atoms with Gasteiger partial charge >= 0.3 is 5.97 Å². The number of thioether (sulfide) groups is 1. The molecule has 0 aliphatic carbocycles. The summed E-state index contributed by atoms with van der Waals surface area (Å²) in [6, 6.07) is 3.74. The summed E-state index contributed by atoms with van der Waals surface area (Å²) in [6.45, 7) is 6.58. The van der Waals surface area contributed by atoms with Gasteiger partial charge in [0.15, 0.2) is 11.0 Å². The van der Waals surface area contributed by atoms with Gasteiger partial charge in [0.2, 0.25) is 5.91 Å². The van der Waals surface area contributed by atoms with E-state index in [2.05, 4.69) is 20.5 Å². The molecule has 10 heteroatoms. The number of rotatable bonds is 8. The van der Waals surface area contributed by atoms with E-state index in [0.717, 1.165) is 21.8 Å². The highest BCUT2D eigenvalue weighted by molar-refractivity contribution is 7.99. The van der Waals surface area contributed by atoms with Gasteiger partial charge in [-0.3, -0.25) is 9.78 Å². The van der Waals surface area contributed by atoms with Gasteiger partial charge in [0, 0.05) is 29.4 Å². The Kier molecular flexibility index (Phi) is 7.22. The third-order valence-electron chi connectivity index (χ3n) is 4.51. The largest absolute Gasteiger partial charge is 0.465 e. The molecule has 0 unspecified atom stereocenters. The SMILES string of the molecule is CCc1c(C)sc(NC(=O)CSc2nnc(-c3ccncc3)n2CC)c1C(=O)OC. The van der Waals surface area contributed by atoms with Gasteiger partial charge in [0.05, 0.1) is 18.4 Å². The van der Waals surface area contributed by atoms with Crippen LogP contribution in [0.3, 0.4) is 0 Å². The van der Waals surface area contributed by atoms with Crippen molar-refractivity contribution in [2.75, 3.05) is 18.2 Å². The summed E-state index contributed by atoms with van der Waals surface area (Å²) in [7, 11) is 1.34. The molecule has 0 aromatic carbocycles. The molecule has 3 rings (SSSR count). The minimum atomic E-state index is -0.438. The fraction of sp³-hybridized carbons (Fsp3) is 0.350. The summed E-state index contributed by atoms with van der Waals surface area (Å²) in [5.74, 6) is 0.224. The molecule has 3 aromatic heterocycles. The molecule has 8 nitrogen and oxygen atoms in total. The molecule has 3 heterocycles. The Morgan fingerprint density at radius 2 is 1.97 bits per heavy atom. The van der Waals surface area contributed by atoms with Crippen LogP contribution in [-0.2, 0) is 22.5 Å². The van der Waals surface area contributed by atoms with Gasteiger partial charge in [-0.25, -0.2) is 4.79 Å². The summed E-state index contributed by atoms with van der Waals surface area (Å²) >= 11 is 2.69. The van der Waals surface area contributed by atoms with Crippen molar-refractivity contribution in [2.45, 2.75) is 38.9 Å². The lowest BCUT2D eigenvalue weighted by molar-refractivity contribution is -0.113. The number of anilines is 1. The Bertz CT molecular complexity index is 1050. The molecule has 1 N–H and O–H groups in total. The third-order valence-corrected chi connectivity index (χ3v) is 6.54. The smallest absolute Gasteiger partial charge is 0.341 e. The fourth-order valence-electron chi connectivity index (χ4n) is 3.10. The summed E-state index contributed by atoms with van der Waals surface area (Å²) < 4.78 is 6.86. The van der Waals surface area contributed by atoms with Gasteiger partial charge in [0.25, 0.3) is 0 Å². The van der Waals surface area contributed by atoms with Crippen LogP contribution in [0.25, 0.3) is 11.4 Å². The van der Waals surface area contributed by atoms with Gasteiger partial charge < -0.3 is 14.6 Å². The summed E-state index contributed by atoms with van der Waals surface area (Å²) in [6.07, 6.45) is 4.10. The van der Waals surface area contributed by atoms with Gasteiger partial charge in [-0.1, -0.05) is 18.7 Å². The van der Waals surface area contributed by atoms with Crippen molar-refractivity contribution in [1.82, 2.24) is 19.7 Å². The van der Waals surface area contributed by atoms with Crippen molar-refractivity contribution in [3.05, 3.63) is 40.5 Å². The van der Waals surface area contributed by atoms with Crippen molar-refractivity contribution in [2.24, 2.45) is 0 Å². The van der Waals surface area contributed by atoms with Gasteiger partial charge in [0.1, 0.15) is 5.00 Å². The zero-order chi connectivity index (χ0) is 21.7. The van der Waals surface area contributed by atoms with Crippen molar-refractivity contribution >= 4 is 40.0 Å². The van der Waals surface area contributed by atoms with Crippen LogP contribution in [-0.4, -0.2) is 44.5 Å². The average Bonchev–Trinajstić information content (AvgIpc) is 3.31. The van der Waals surface area contributed by atoms with Crippen molar-refractivity contribution in [3.8, 4) is 11.4 Å². The molecule has 1 amide bonds. The van der Waals surface area contributed by atoms with Gasteiger partial charge in [-0.05, 0) is 38.0 Å². The van der Waals surface area contributed by atoms with Crippen LogP contribution in [0.2, 0.25) is 0 Å². The molecular weight excluding hydrogens is 422 g/mol. The first-order chi connectivity index (χ1) is 14.5. The normalized spacial score (nSPS) is 10.8. The maximum Gasteiger partial charge on any atom is 0.341 e. The van der Waals surface area contributed by atoms with E-state index in [9.17, 15) is 9.59 Å². The summed E-state index contributed by atoms with van der Waals surface area (Å²) in [5.41, 5.74) is 2.26. The number of esters is 1. The van der Waals surface area contributed by atoms with Crippen LogP contribution in [0.5, 0.6) is 0 Å². The van der Waals surface area contributed by atoms with E-state index in [-0.39, 0.29) is 11.7 Å². The zero-order valence-electron chi connectivity index (χ0n) is 17.3. The number of nitrogens with zero attached hydrogens (tertiary/aromatic N) is 4. The predicted octanol–water partition coefficient (Wildman–Crippen LogP) is 3.81. The quantitative estimate of drug-likeness (QED) is 0.416. The highest BCUT2D eigenvalue weighted by atomic mass is 32.2. The van der Waals surface area contributed by atoms with Crippen LogP contribution in [0.4, 0.5) is 5.00 Å². The lowest BCUT2D eigenvalue weighted by Gasteiger charge is -2.08. The third kappa shape index (κ3) is 4.54. The van der Waals surface area contributed by atoms with Crippen molar-refractivity contribution in [3.63, 3.8) is 0 Å². The molecule has 0 aliphatic heterocycles. The maximum atomic E-state index is 12.6. The minimum Gasteiger partial charge on any atom is -0.465 e. The Labute approximate surface area is 183 Å². The molecule has 0 atom stereocenters. The van der Waals surface area contributed by atoms with E-state index >= 15 is 0 Å². The molecule has 3 aromatic rings. The topological polar surface area (TPSA) is 99.0 Å². The van der Waals surface area contributed by atoms with Crippen molar-refractivity contribution < 1.29 is 14.3 Å². The molecule has 0 radical (unpaired) electrons. The number of aryl methyl sites for hydroxylation is 1. The second kappa shape index (κ2) is 9.86. The zero-order valence-corrected chi connectivity index (χ0v) is 18.9. The van der Waals surface area contributed by atoms with E-state index < -0.39 is 5.97 Å². The fourth-order valence-corrected chi connectivity index (χ4v) is 5.05. The Morgan fingerprint density at radius 3 is 2.60 bits per heavy atom. The lowest BCUT2D eigenvalue weighted by atomic mass is 10.1. The van der Waals surface area contributed by atoms with Crippen LogP contribution in [0.15, 0.2) is 29.7 Å². The molecular formula is C20H23N5O3S2. The Hall–Kier alpha value is -2.72. The molecule has 0 bridgehead atoms. The highest BCUT2D eigenvalue weighted by Gasteiger charge is 2.23. The van der Waals surface area contributed by atoms with E-state index in [1.165, 1.54) is 30.2 Å². The van der Waals surface area contributed by atoms with Crippen LogP contribution >= 0.6 is 23.1 Å². The number of amides is 1. The monoisotopic (exact) mass is 445 g/mol. The number of thiophene rings is 1. The molecule has 30 heavy (non-hydrogen) atoms. The second-order valence-corrected chi connectivity index (χ2v) is 8.48. The number of methoxy groups -OCH3 is 1. The van der Waals surface area contributed by atoms with Crippen molar-refractivity contribution in [1.29, 1.82) is 0 Å². The number of ether oxygens (including phenoxy) is 1. The number of hydrogen-bond donors (Lipinski definition) is 1. The van der Waals surface area contributed by atoms with Crippen LogP contribution < -0.4 is 5.32 Å². The van der Waals surface area contributed by atoms with Crippen LogP contribution in [0, 0.1) is 6.92 Å². The second-order valence-electron chi connectivity index (χ2n) is 6.31. The van der Waals surface area contributed by atoms with Gasteiger partial charge in [-0.15, -0.1) is 21.5 Å². The predicted molar refractivity (Wildman–Crippen MR) is 118 cm³/mol. The van der Waals surface area contributed by atoms with E-state index in [1.54, 1.807) is 12.4 Å². The average molecular weight is 446 g/mol. The first kappa shape index (κ1) is 22.0.